The van der Waals surface area contributed by atoms with Crippen LogP contribution in [0.15, 0.2) is 42.1 Å². The van der Waals surface area contributed by atoms with Gasteiger partial charge >= 0.3 is 7.82 Å². The minimum atomic E-state index is -4.01. The Hall–Kier alpha value is -2.16. The predicted octanol–water partition coefficient (Wildman–Crippen LogP) is 3.89. The molecule has 3 unspecified atom stereocenters. The lowest BCUT2D eigenvalue weighted by atomic mass is 9.77. The molecule has 9 nitrogen and oxygen atoms in total. The van der Waals surface area contributed by atoms with Crippen LogP contribution in [0.3, 0.4) is 0 Å². The fraction of sp³-hybridized carbons (Fsp3) is 0.542. The number of fused-ring (bicyclic) bond motifs is 2. The zero-order chi connectivity index (χ0) is 25.0. The molecule has 10 heteroatoms. The van der Waals surface area contributed by atoms with Crippen LogP contribution in [-0.4, -0.2) is 50.3 Å². The summed E-state index contributed by atoms with van der Waals surface area (Å²) in [5, 5.41) is 3.13. The molecule has 0 aromatic heterocycles. The molecular formula is C24H36N3O6P. The van der Waals surface area contributed by atoms with Gasteiger partial charge in [0.25, 0.3) is 5.91 Å². The number of ether oxygens (including phenoxy) is 1. The molecule has 0 radical (unpaired) electrons. The lowest BCUT2D eigenvalue weighted by Gasteiger charge is -2.39. The highest BCUT2D eigenvalue weighted by Crippen LogP contribution is 2.51. The van der Waals surface area contributed by atoms with Crippen molar-refractivity contribution in [1.82, 2.24) is 15.7 Å². The van der Waals surface area contributed by atoms with Gasteiger partial charge in [-0.05, 0) is 58.5 Å². The molecule has 2 aliphatic rings. The van der Waals surface area contributed by atoms with Crippen molar-refractivity contribution >= 4 is 13.7 Å². The number of hydrogen-bond acceptors (Lipinski definition) is 8. The summed E-state index contributed by atoms with van der Waals surface area (Å²) in [5.74, 6) is -0.711. The third-order valence-electron chi connectivity index (χ3n) is 5.38. The predicted molar refractivity (Wildman–Crippen MR) is 130 cm³/mol. The maximum Gasteiger partial charge on any atom is 0.496 e. The number of hydroxylamine groups is 1. The Kier molecular flexibility index (Phi) is 8.60. The van der Waals surface area contributed by atoms with E-state index in [1.807, 2.05) is 62.5 Å². The third kappa shape index (κ3) is 6.29. The summed E-state index contributed by atoms with van der Waals surface area (Å²) in [6.45, 7) is 7.53. The van der Waals surface area contributed by atoms with Gasteiger partial charge in [0.1, 0.15) is 11.9 Å². The average Bonchev–Trinajstić information content (AvgIpc) is 2.74. The van der Waals surface area contributed by atoms with Gasteiger partial charge in [0.05, 0.1) is 18.1 Å². The van der Waals surface area contributed by atoms with E-state index < -0.39 is 31.9 Å². The van der Waals surface area contributed by atoms with Crippen LogP contribution in [-0.2, 0) is 29.6 Å². The lowest BCUT2D eigenvalue weighted by Crippen LogP contribution is -2.43. The van der Waals surface area contributed by atoms with E-state index in [0.717, 1.165) is 16.8 Å². The number of nitrogens with zero attached hydrogens (tertiary/aromatic N) is 1. The minimum Gasteiger partial charge on any atom is -0.485 e. The van der Waals surface area contributed by atoms with Crippen molar-refractivity contribution in [2.75, 3.05) is 21.1 Å². The van der Waals surface area contributed by atoms with Crippen molar-refractivity contribution in [3.8, 4) is 5.75 Å². The first-order valence-electron chi connectivity index (χ1n) is 11.5. The van der Waals surface area contributed by atoms with Gasteiger partial charge in [-0.25, -0.2) is 10.0 Å². The zero-order valence-corrected chi connectivity index (χ0v) is 21.8. The second-order valence-electron chi connectivity index (χ2n) is 9.20. The Morgan fingerprint density at radius 2 is 1.85 bits per heavy atom. The summed E-state index contributed by atoms with van der Waals surface area (Å²) in [6.07, 6.45) is 4.77. The highest BCUT2D eigenvalue weighted by Gasteiger charge is 2.43. The summed E-state index contributed by atoms with van der Waals surface area (Å²) in [6, 6.07) is 5.80. The van der Waals surface area contributed by atoms with Gasteiger partial charge in [0.15, 0.2) is 0 Å². The van der Waals surface area contributed by atoms with Crippen molar-refractivity contribution in [1.29, 1.82) is 0 Å². The first-order chi connectivity index (χ1) is 16.0. The van der Waals surface area contributed by atoms with Crippen LogP contribution in [0, 0.1) is 5.92 Å². The number of phosphoric ester groups is 1. The number of carbonyl (C=O) groups excluding carboxylic acids is 1. The molecule has 34 heavy (non-hydrogen) atoms. The standard InChI is InChI=1S/C24H36N3O6P/c1-15(2)31-34(29,32-16(3)4)33-26-24(28)23-19-10-8-17(14-25-5)12-21(19)30-22-13-18(27(6)7)9-11-20(22)23/h8-13,15-16,20,22-23,25H,14H2,1-7H3,(H,26,28). The SMILES string of the molecule is CNCc1ccc2c(c1)OC1C=C(N(C)C)C=CC1C2C(=O)NOP(=O)(OC(C)C)OC(C)C. The maximum atomic E-state index is 13.5. The van der Waals surface area contributed by atoms with Crippen molar-refractivity contribution in [3.63, 3.8) is 0 Å². The summed E-state index contributed by atoms with van der Waals surface area (Å²) in [7, 11) is 1.78. The first-order valence-corrected chi connectivity index (χ1v) is 13.0. The summed E-state index contributed by atoms with van der Waals surface area (Å²) in [4.78, 5) is 15.4. The van der Waals surface area contributed by atoms with E-state index in [-0.39, 0.29) is 12.0 Å². The Morgan fingerprint density at radius 3 is 2.44 bits per heavy atom. The fourth-order valence-electron chi connectivity index (χ4n) is 4.04. The largest absolute Gasteiger partial charge is 0.496 e. The molecule has 0 saturated heterocycles. The number of phosphoric acid groups is 1. The van der Waals surface area contributed by atoms with E-state index in [4.69, 9.17) is 18.4 Å². The lowest BCUT2D eigenvalue weighted by molar-refractivity contribution is -0.133. The molecule has 3 atom stereocenters. The van der Waals surface area contributed by atoms with E-state index in [1.165, 1.54) is 0 Å². The topological polar surface area (TPSA) is 98.4 Å². The van der Waals surface area contributed by atoms with Crippen molar-refractivity contribution in [3.05, 3.63) is 53.3 Å². The summed E-state index contributed by atoms with van der Waals surface area (Å²) >= 11 is 0. The number of allylic oxidation sites excluding steroid dienone is 1. The number of likely N-dealkylation sites (N-methyl/N-ethyl adjacent to an activating group) is 1. The molecular weight excluding hydrogens is 457 g/mol. The second-order valence-corrected chi connectivity index (χ2v) is 10.7. The number of nitrogens with one attached hydrogen (secondary N) is 2. The van der Waals surface area contributed by atoms with Gasteiger partial charge < -0.3 is 15.0 Å². The number of hydrogen-bond donors (Lipinski definition) is 2. The first kappa shape index (κ1) is 26.4. The molecule has 0 spiro atoms. The van der Waals surface area contributed by atoms with E-state index in [9.17, 15) is 9.36 Å². The van der Waals surface area contributed by atoms with Crippen LogP contribution < -0.4 is 15.5 Å². The monoisotopic (exact) mass is 493 g/mol. The molecule has 0 fully saturated rings. The molecule has 1 aliphatic heterocycles. The highest BCUT2D eigenvalue weighted by atomic mass is 31.2. The zero-order valence-electron chi connectivity index (χ0n) is 20.9. The normalized spacial score (nSPS) is 21.6. The number of carbonyl (C=O) groups is 1. The van der Waals surface area contributed by atoms with Crippen LogP contribution >= 0.6 is 7.82 Å². The van der Waals surface area contributed by atoms with E-state index in [0.29, 0.717) is 12.3 Å². The third-order valence-corrected chi connectivity index (χ3v) is 7.06. The van der Waals surface area contributed by atoms with Gasteiger partial charge in [-0.2, -0.15) is 4.62 Å². The molecule has 1 aliphatic carbocycles. The van der Waals surface area contributed by atoms with Crippen LogP contribution in [0.1, 0.15) is 44.7 Å². The van der Waals surface area contributed by atoms with Gasteiger partial charge in [0.2, 0.25) is 0 Å². The molecule has 0 bridgehead atoms. The molecule has 2 N–H and O–H groups in total. The summed E-state index contributed by atoms with van der Waals surface area (Å²) in [5.41, 5.74) is 5.13. The van der Waals surface area contributed by atoms with E-state index in [1.54, 1.807) is 27.7 Å². The summed E-state index contributed by atoms with van der Waals surface area (Å²) < 4.78 is 35.4. The van der Waals surface area contributed by atoms with Gasteiger partial charge in [-0.15, -0.1) is 0 Å². The van der Waals surface area contributed by atoms with Crippen LogP contribution in [0.25, 0.3) is 0 Å². The molecule has 1 aromatic carbocycles. The minimum absolute atomic E-state index is 0.272. The van der Waals surface area contributed by atoms with Gasteiger partial charge in [0, 0.05) is 37.8 Å². The Labute approximate surface area is 202 Å². The van der Waals surface area contributed by atoms with Crippen LogP contribution in [0.4, 0.5) is 0 Å². The van der Waals surface area contributed by atoms with E-state index in [2.05, 4.69) is 10.8 Å². The molecule has 1 heterocycles. The maximum absolute atomic E-state index is 13.5. The quantitative estimate of drug-likeness (QED) is 0.374. The van der Waals surface area contributed by atoms with Crippen molar-refractivity contribution in [2.24, 2.45) is 5.92 Å². The second kappa shape index (κ2) is 11.1. The fourth-order valence-corrected chi connectivity index (χ4v) is 5.41. The average molecular weight is 494 g/mol. The smallest absolute Gasteiger partial charge is 0.485 e. The number of amides is 1. The van der Waals surface area contributed by atoms with Crippen LogP contribution in [0.5, 0.6) is 5.75 Å². The highest BCUT2D eigenvalue weighted by molar-refractivity contribution is 7.48. The van der Waals surface area contributed by atoms with Crippen molar-refractivity contribution in [2.45, 2.75) is 58.5 Å². The van der Waals surface area contributed by atoms with Crippen LogP contribution in [0.2, 0.25) is 0 Å². The number of rotatable bonds is 10. The Balaban J connectivity index is 1.91. The number of benzene rings is 1. The van der Waals surface area contributed by atoms with E-state index >= 15 is 0 Å². The molecule has 188 valence electrons. The van der Waals surface area contributed by atoms with Gasteiger partial charge in [-0.3, -0.25) is 13.8 Å². The molecule has 1 amide bonds. The molecule has 3 rings (SSSR count). The van der Waals surface area contributed by atoms with Crippen molar-refractivity contribution < 1.29 is 27.8 Å². The van der Waals surface area contributed by atoms with Gasteiger partial charge in [-0.1, -0.05) is 18.2 Å². The Morgan fingerprint density at radius 1 is 1.18 bits per heavy atom. The molecule has 1 aromatic rings. The Bertz CT molecular complexity index is 977. The molecule has 0 saturated carbocycles.